The largest absolute Gasteiger partial charge is 0.481 e. The molecule has 0 radical (unpaired) electrons. The molecule has 2 aromatic rings. The van der Waals surface area contributed by atoms with Gasteiger partial charge in [0, 0.05) is 10.7 Å². The monoisotopic (exact) mass is 331 g/mol. The van der Waals surface area contributed by atoms with Gasteiger partial charge >= 0.3 is 0 Å². The summed E-state index contributed by atoms with van der Waals surface area (Å²) in [6.07, 6.45) is -0.603. The first-order valence-corrected chi connectivity index (χ1v) is 8.08. The molecule has 0 unspecified atom stereocenters. The molecular formula is C19H22ClNO2. The number of hydrogen-bond acceptors (Lipinski definition) is 2. The molecule has 0 aromatic heterocycles. The fraction of sp³-hybridized carbons (Fsp3) is 0.316. The Morgan fingerprint density at radius 2 is 1.87 bits per heavy atom. The van der Waals surface area contributed by atoms with Crippen LogP contribution in [0.5, 0.6) is 5.75 Å². The van der Waals surface area contributed by atoms with Gasteiger partial charge in [0.1, 0.15) is 5.75 Å². The van der Waals surface area contributed by atoms with E-state index in [4.69, 9.17) is 16.3 Å². The van der Waals surface area contributed by atoms with Gasteiger partial charge in [-0.15, -0.1) is 0 Å². The van der Waals surface area contributed by atoms with Crippen molar-refractivity contribution in [2.45, 2.75) is 39.7 Å². The third-order valence-electron chi connectivity index (χ3n) is 3.56. The van der Waals surface area contributed by atoms with Crippen molar-refractivity contribution < 1.29 is 9.53 Å². The van der Waals surface area contributed by atoms with Gasteiger partial charge in [-0.2, -0.15) is 0 Å². The zero-order valence-corrected chi connectivity index (χ0v) is 14.6. The molecule has 2 aromatic carbocycles. The molecule has 0 aliphatic heterocycles. The van der Waals surface area contributed by atoms with Crippen molar-refractivity contribution in [3.8, 4) is 5.75 Å². The molecule has 4 heteroatoms. The van der Waals surface area contributed by atoms with Crippen LogP contribution in [0.2, 0.25) is 5.02 Å². The number of hydrogen-bond donors (Lipinski definition) is 1. The lowest BCUT2D eigenvalue weighted by Crippen LogP contribution is -2.30. The average Bonchev–Trinajstić information content (AvgIpc) is 2.46. The van der Waals surface area contributed by atoms with E-state index in [2.05, 4.69) is 31.3 Å². The van der Waals surface area contributed by atoms with Gasteiger partial charge in [-0.25, -0.2) is 0 Å². The van der Waals surface area contributed by atoms with Crippen LogP contribution in [-0.2, 0) is 4.79 Å². The van der Waals surface area contributed by atoms with Crippen LogP contribution in [0, 0.1) is 6.92 Å². The number of aryl methyl sites for hydroxylation is 1. The van der Waals surface area contributed by atoms with Crippen LogP contribution < -0.4 is 10.1 Å². The Labute approximate surface area is 142 Å². The molecule has 0 spiro atoms. The Morgan fingerprint density at radius 3 is 2.52 bits per heavy atom. The van der Waals surface area contributed by atoms with Crippen molar-refractivity contribution in [3.63, 3.8) is 0 Å². The standard InChI is InChI=1S/C19H22ClNO2/c1-12(2)17-9-8-13(3)10-18(17)23-14(4)19(22)21-16-7-5-6-15(20)11-16/h5-12,14H,1-4H3,(H,21,22)/t14-/m0/s1. The first kappa shape index (κ1) is 17.4. The summed E-state index contributed by atoms with van der Waals surface area (Å²) in [4.78, 5) is 12.3. The normalized spacial score (nSPS) is 12.1. The van der Waals surface area contributed by atoms with Crippen molar-refractivity contribution in [1.82, 2.24) is 0 Å². The van der Waals surface area contributed by atoms with E-state index in [0.29, 0.717) is 16.6 Å². The minimum Gasteiger partial charge on any atom is -0.481 e. The number of ether oxygens (including phenoxy) is 1. The second kappa shape index (κ2) is 7.51. The van der Waals surface area contributed by atoms with Crippen molar-refractivity contribution in [3.05, 3.63) is 58.6 Å². The van der Waals surface area contributed by atoms with Crippen molar-refractivity contribution in [1.29, 1.82) is 0 Å². The lowest BCUT2D eigenvalue weighted by Gasteiger charge is -2.19. The zero-order chi connectivity index (χ0) is 17.0. The molecule has 3 nitrogen and oxygen atoms in total. The van der Waals surface area contributed by atoms with Crippen molar-refractivity contribution in [2.75, 3.05) is 5.32 Å². The predicted octanol–water partition coefficient (Wildman–Crippen LogP) is 5.18. The summed E-state index contributed by atoms with van der Waals surface area (Å²) in [5.41, 5.74) is 2.86. The second-order valence-electron chi connectivity index (χ2n) is 5.96. The van der Waals surface area contributed by atoms with Crippen molar-refractivity contribution in [2.24, 2.45) is 0 Å². The van der Waals surface area contributed by atoms with E-state index in [1.54, 1.807) is 31.2 Å². The lowest BCUT2D eigenvalue weighted by atomic mass is 10.0. The summed E-state index contributed by atoms with van der Waals surface area (Å²) >= 11 is 5.93. The number of rotatable bonds is 5. The minimum atomic E-state index is -0.603. The first-order valence-electron chi connectivity index (χ1n) is 7.70. The highest BCUT2D eigenvalue weighted by Gasteiger charge is 2.18. The third-order valence-corrected chi connectivity index (χ3v) is 3.79. The van der Waals surface area contributed by atoms with Gasteiger partial charge < -0.3 is 10.1 Å². The summed E-state index contributed by atoms with van der Waals surface area (Å²) in [7, 11) is 0. The predicted molar refractivity (Wildman–Crippen MR) is 95.4 cm³/mol. The highest BCUT2D eigenvalue weighted by atomic mass is 35.5. The van der Waals surface area contributed by atoms with Gasteiger partial charge in [0.2, 0.25) is 0 Å². The summed E-state index contributed by atoms with van der Waals surface area (Å²) in [5.74, 6) is 0.881. The Bertz CT molecular complexity index is 698. The minimum absolute atomic E-state index is 0.205. The highest BCUT2D eigenvalue weighted by Crippen LogP contribution is 2.28. The summed E-state index contributed by atoms with van der Waals surface area (Å²) in [6, 6.07) is 13.1. The van der Waals surface area contributed by atoms with E-state index < -0.39 is 6.10 Å². The summed E-state index contributed by atoms with van der Waals surface area (Å²) in [6.45, 7) is 7.96. The van der Waals surface area contributed by atoms with Crippen LogP contribution >= 0.6 is 11.6 Å². The Balaban J connectivity index is 2.11. The fourth-order valence-corrected chi connectivity index (χ4v) is 2.46. The number of anilines is 1. The maximum Gasteiger partial charge on any atom is 0.265 e. The van der Waals surface area contributed by atoms with E-state index in [0.717, 1.165) is 16.9 Å². The highest BCUT2D eigenvalue weighted by molar-refractivity contribution is 6.30. The van der Waals surface area contributed by atoms with Crippen LogP contribution in [-0.4, -0.2) is 12.0 Å². The lowest BCUT2D eigenvalue weighted by molar-refractivity contribution is -0.122. The van der Waals surface area contributed by atoms with Gasteiger partial charge in [0.25, 0.3) is 5.91 Å². The Kier molecular flexibility index (Phi) is 5.67. The number of carbonyl (C=O) groups excluding carboxylic acids is 1. The zero-order valence-electron chi connectivity index (χ0n) is 13.9. The number of halogens is 1. The van der Waals surface area contributed by atoms with E-state index >= 15 is 0 Å². The SMILES string of the molecule is Cc1ccc(C(C)C)c(O[C@@H](C)C(=O)Nc2cccc(Cl)c2)c1. The number of nitrogens with one attached hydrogen (secondary N) is 1. The second-order valence-corrected chi connectivity index (χ2v) is 6.39. The van der Waals surface area contributed by atoms with Crippen molar-refractivity contribution >= 4 is 23.2 Å². The molecule has 2 rings (SSSR count). The van der Waals surface area contributed by atoms with Crippen LogP contribution in [0.3, 0.4) is 0 Å². The van der Waals surface area contributed by atoms with Crippen LogP contribution in [0.15, 0.2) is 42.5 Å². The Morgan fingerprint density at radius 1 is 1.13 bits per heavy atom. The molecule has 0 aliphatic carbocycles. The fourth-order valence-electron chi connectivity index (χ4n) is 2.27. The maximum absolute atomic E-state index is 12.3. The van der Waals surface area contributed by atoms with Gasteiger partial charge in [-0.3, -0.25) is 4.79 Å². The number of amides is 1. The molecule has 0 saturated carbocycles. The van der Waals surface area contributed by atoms with Gasteiger partial charge in [-0.1, -0.05) is 43.6 Å². The molecule has 1 N–H and O–H groups in total. The molecule has 1 atom stereocenters. The topological polar surface area (TPSA) is 38.3 Å². The number of benzene rings is 2. The molecule has 0 heterocycles. The molecule has 1 amide bonds. The molecular weight excluding hydrogens is 310 g/mol. The number of carbonyl (C=O) groups is 1. The molecule has 0 saturated heterocycles. The third kappa shape index (κ3) is 4.73. The van der Waals surface area contributed by atoms with E-state index in [9.17, 15) is 4.79 Å². The van der Waals surface area contributed by atoms with Crippen LogP contribution in [0.4, 0.5) is 5.69 Å². The van der Waals surface area contributed by atoms with Gasteiger partial charge in [0.05, 0.1) is 0 Å². The van der Waals surface area contributed by atoms with E-state index in [1.165, 1.54) is 0 Å². The summed E-state index contributed by atoms with van der Waals surface area (Å²) in [5, 5.41) is 3.40. The maximum atomic E-state index is 12.3. The van der Waals surface area contributed by atoms with Gasteiger partial charge in [-0.05, 0) is 55.2 Å². The molecule has 122 valence electrons. The van der Waals surface area contributed by atoms with Crippen LogP contribution in [0.25, 0.3) is 0 Å². The molecule has 23 heavy (non-hydrogen) atoms. The smallest absolute Gasteiger partial charge is 0.265 e. The molecule has 0 bridgehead atoms. The quantitative estimate of drug-likeness (QED) is 0.820. The van der Waals surface area contributed by atoms with Crippen LogP contribution in [0.1, 0.15) is 37.8 Å². The average molecular weight is 332 g/mol. The first-order chi connectivity index (χ1) is 10.9. The summed E-state index contributed by atoms with van der Waals surface area (Å²) < 4.78 is 5.91. The molecule has 0 aliphatic rings. The van der Waals surface area contributed by atoms with E-state index in [1.807, 2.05) is 13.0 Å². The molecule has 0 fully saturated rings. The van der Waals surface area contributed by atoms with E-state index in [-0.39, 0.29) is 5.91 Å². The van der Waals surface area contributed by atoms with Gasteiger partial charge in [0.15, 0.2) is 6.10 Å². The Hall–Kier alpha value is -2.00.